The number of ether oxygens (including phenoxy) is 1. The second-order valence-electron chi connectivity index (χ2n) is 8.25. The van der Waals surface area contributed by atoms with Gasteiger partial charge in [-0.1, -0.05) is 12.8 Å². The zero-order valence-electron chi connectivity index (χ0n) is 18.3. The van der Waals surface area contributed by atoms with Crippen molar-refractivity contribution in [1.82, 2.24) is 21.3 Å². The van der Waals surface area contributed by atoms with Gasteiger partial charge in [0.1, 0.15) is 24.5 Å². The number of carbonyl (C=O) groups excluding carboxylic acids is 5. The van der Waals surface area contributed by atoms with Crippen LogP contribution in [-0.2, 0) is 28.7 Å². The van der Waals surface area contributed by atoms with E-state index in [2.05, 4.69) is 21.3 Å². The highest BCUT2D eigenvalue weighted by Crippen LogP contribution is 2.15. The number of hydrogen-bond donors (Lipinski definition) is 4. The molecule has 2 rings (SSSR count). The van der Waals surface area contributed by atoms with Crippen molar-refractivity contribution in [3.8, 4) is 0 Å². The van der Waals surface area contributed by atoms with E-state index in [1.54, 1.807) is 6.92 Å². The molecule has 2 saturated heterocycles. The standard InChI is InChI=1S/C21H34N4O6/c1-13(24-21(30)16-8-6-10-22-16)19(28)23-14(2)20(29)25-15(11-26)7-4-3-5-9-17(27)18-12-31-18/h11,13-16,18,22H,3-10,12H2,1-2H3,(H,23,28)(H,24,30)(H,25,29)/t13-,14+,15?,16+,18?/m0/s1. The van der Waals surface area contributed by atoms with Gasteiger partial charge in [-0.05, 0) is 46.1 Å². The van der Waals surface area contributed by atoms with Crippen molar-refractivity contribution in [3.63, 3.8) is 0 Å². The molecule has 2 unspecified atom stereocenters. The minimum Gasteiger partial charge on any atom is -0.365 e. The lowest BCUT2D eigenvalue weighted by Gasteiger charge is -2.21. The van der Waals surface area contributed by atoms with Gasteiger partial charge in [-0.25, -0.2) is 0 Å². The molecule has 0 aromatic heterocycles. The van der Waals surface area contributed by atoms with E-state index in [1.807, 2.05) is 0 Å². The molecule has 2 heterocycles. The van der Waals surface area contributed by atoms with Gasteiger partial charge < -0.3 is 30.8 Å². The summed E-state index contributed by atoms with van der Waals surface area (Å²) >= 11 is 0. The van der Waals surface area contributed by atoms with Gasteiger partial charge in [-0.3, -0.25) is 19.2 Å². The van der Waals surface area contributed by atoms with Crippen molar-refractivity contribution < 1.29 is 28.7 Å². The first-order chi connectivity index (χ1) is 14.8. The van der Waals surface area contributed by atoms with Crippen molar-refractivity contribution in [2.75, 3.05) is 13.2 Å². The molecule has 10 nitrogen and oxygen atoms in total. The number of amides is 3. The number of nitrogens with one attached hydrogen (secondary N) is 4. The van der Waals surface area contributed by atoms with Crippen molar-refractivity contribution in [2.45, 2.75) is 89.1 Å². The van der Waals surface area contributed by atoms with Crippen LogP contribution >= 0.6 is 0 Å². The summed E-state index contributed by atoms with van der Waals surface area (Å²) in [6, 6.07) is -2.57. The lowest BCUT2D eigenvalue weighted by molar-refractivity contribution is -0.132. The topological polar surface area (TPSA) is 146 Å². The summed E-state index contributed by atoms with van der Waals surface area (Å²) in [5, 5.41) is 10.9. The summed E-state index contributed by atoms with van der Waals surface area (Å²) in [7, 11) is 0. The van der Waals surface area contributed by atoms with Crippen LogP contribution in [0.3, 0.4) is 0 Å². The van der Waals surface area contributed by atoms with Crippen LogP contribution in [0.15, 0.2) is 0 Å². The summed E-state index contributed by atoms with van der Waals surface area (Å²) in [6.07, 6.45) is 5.24. The highest BCUT2D eigenvalue weighted by atomic mass is 16.6. The average molecular weight is 439 g/mol. The first kappa shape index (κ1) is 24.9. The normalized spacial score (nSPS) is 22.6. The minimum atomic E-state index is -0.852. The van der Waals surface area contributed by atoms with E-state index in [0.29, 0.717) is 32.2 Å². The highest BCUT2D eigenvalue weighted by molar-refractivity contribution is 5.93. The number of ketones is 1. The Morgan fingerprint density at radius 3 is 2.32 bits per heavy atom. The van der Waals surface area contributed by atoms with E-state index in [4.69, 9.17) is 4.74 Å². The van der Waals surface area contributed by atoms with Gasteiger partial charge >= 0.3 is 0 Å². The highest BCUT2D eigenvalue weighted by Gasteiger charge is 2.30. The molecule has 0 radical (unpaired) electrons. The van der Waals surface area contributed by atoms with Gasteiger partial charge in [-0.15, -0.1) is 0 Å². The second-order valence-corrected chi connectivity index (χ2v) is 8.25. The molecule has 2 fully saturated rings. The van der Waals surface area contributed by atoms with E-state index < -0.39 is 29.9 Å². The number of Topliss-reactive ketones (excluding diaryl/α,β-unsaturated/α-hetero) is 1. The van der Waals surface area contributed by atoms with Crippen molar-refractivity contribution in [3.05, 3.63) is 0 Å². The van der Waals surface area contributed by atoms with Gasteiger partial charge in [-0.2, -0.15) is 0 Å². The Morgan fingerprint density at radius 2 is 1.71 bits per heavy atom. The third kappa shape index (κ3) is 8.74. The maximum Gasteiger partial charge on any atom is 0.242 e. The summed E-state index contributed by atoms with van der Waals surface area (Å²) in [4.78, 5) is 59.5. The molecular weight excluding hydrogens is 404 g/mol. The Bertz CT molecular complexity index is 660. The van der Waals surface area contributed by atoms with Crippen molar-refractivity contribution >= 4 is 29.8 Å². The molecule has 4 N–H and O–H groups in total. The maximum atomic E-state index is 12.3. The molecule has 2 aliphatic heterocycles. The van der Waals surface area contributed by atoms with Crippen molar-refractivity contribution in [2.24, 2.45) is 0 Å². The quantitative estimate of drug-likeness (QED) is 0.160. The summed E-state index contributed by atoms with van der Waals surface area (Å²) < 4.78 is 4.94. The molecule has 0 aliphatic carbocycles. The SMILES string of the molecule is C[C@H](NC(=O)[C@H]1CCCN1)C(=O)N[C@H](C)C(=O)NC(C=O)CCCCCC(=O)C1CO1. The Kier molecular flexibility index (Phi) is 10.1. The molecule has 0 spiro atoms. The third-order valence-corrected chi connectivity index (χ3v) is 5.50. The van der Waals surface area contributed by atoms with Crippen LogP contribution in [0.25, 0.3) is 0 Å². The van der Waals surface area contributed by atoms with Crippen LogP contribution in [-0.4, -0.2) is 73.2 Å². The zero-order chi connectivity index (χ0) is 22.8. The molecule has 5 atom stereocenters. The van der Waals surface area contributed by atoms with Crippen LogP contribution in [0.4, 0.5) is 0 Å². The van der Waals surface area contributed by atoms with Crippen molar-refractivity contribution in [1.29, 1.82) is 0 Å². The van der Waals surface area contributed by atoms with E-state index in [-0.39, 0.29) is 23.8 Å². The molecule has 2 aliphatic rings. The van der Waals surface area contributed by atoms with E-state index >= 15 is 0 Å². The molecule has 31 heavy (non-hydrogen) atoms. The molecule has 174 valence electrons. The number of unbranched alkanes of at least 4 members (excludes halogenated alkanes) is 2. The Morgan fingerprint density at radius 1 is 1.03 bits per heavy atom. The molecule has 0 aromatic carbocycles. The minimum absolute atomic E-state index is 0.120. The van der Waals surface area contributed by atoms with Gasteiger partial charge in [0, 0.05) is 6.42 Å². The van der Waals surface area contributed by atoms with E-state index in [9.17, 15) is 24.0 Å². The van der Waals surface area contributed by atoms with Crippen LogP contribution in [0.2, 0.25) is 0 Å². The first-order valence-corrected chi connectivity index (χ1v) is 11.1. The summed E-state index contributed by atoms with van der Waals surface area (Å²) in [6.45, 7) is 4.38. The predicted molar refractivity (Wildman–Crippen MR) is 112 cm³/mol. The fraction of sp³-hybridized carbons (Fsp3) is 0.762. The van der Waals surface area contributed by atoms with Gasteiger partial charge in [0.2, 0.25) is 17.7 Å². The van der Waals surface area contributed by atoms with Gasteiger partial charge in [0.15, 0.2) is 5.78 Å². The molecular formula is C21H34N4O6. The van der Waals surface area contributed by atoms with Crippen LogP contribution < -0.4 is 21.3 Å². The zero-order valence-corrected chi connectivity index (χ0v) is 18.3. The number of aldehydes is 1. The second kappa shape index (κ2) is 12.5. The monoisotopic (exact) mass is 438 g/mol. The average Bonchev–Trinajstić information content (AvgIpc) is 3.45. The molecule has 0 bridgehead atoms. The van der Waals surface area contributed by atoms with E-state index in [1.165, 1.54) is 6.92 Å². The van der Waals surface area contributed by atoms with Crippen LogP contribution in [0.5, 0.6) is 0 Å². The van der Waals surface area contributed by atoms with Crippen LogP contribution in [0, 0.1) is 0 Å². The maximum absolute atomic E-state index is 12.3. The number of carbonyl (C=O) groups is 5. The molecule has 0 aromatic rings. The van der Waals surface area contributed by atoms with Gasteiger partial charge in [0.25, 0.3) is 0 Å². The van der Waals surface area contributed by atoms with Gasteiger partial charge in [0.05, 0.1) is 18.7 Å². The lowest BCUT2D eigenvalue weighted by Crippen LogP contribution is -2.54. The smallest absolute Gasteiger partial charge is 0.242 e. The summed E-state index contributed by atoms with van der Waals surface area (Å²) in [5.41, 5.74) is 0. The molecule has 0 saturated carbocycles. The molecule has 3 amide bonds. The third-order valence-electron chi connectivity index (χ3n) is 5.50. The lowest BCUT2D eigenvalue weighted by atomic mass is 10.1. The van der Waals surface area contributed by atoms with E-state index in [0.717, 1.165) is 32.2 Å². The fourth-order valence-electron chi connectivity index (χ4n) is 3.41. The first-order valence-electron chi connectivity index (χ1n) is 11.1. The van der Waals surface area contributed by atoms with Crippen LogP contribution in [0.1, 0.15) is 58.8 Å². The largest absolute Gasteiger partial charge is 0.365 e. The Hall–Kier alpha value is -2.33. The Labute approximate surface area is 182 Å². The number of rotatable bonds is 14. The predicted octanol–water partition coefficient (Wildman–Crippen LogP) is -0.650. The Balaban J connectivity index is 1.63. The summed E-state index contributed by atoms with van der Waals surface area (Å²) in [5.74, 6) is -1.05. The number of hydrogen-bond acceptors (Lipinski definition) is 7. The fourth-order valence-corrected chi connectivity index (χ4v) is 3.41. The number of epoxide rings is 1. The molecule has 10 heteroatoms.